The maximum Gasteiger partial charge on any atom is 0.233 e. The fraction of sp³-hybridized carbons (Fsp3) is 0.371. The van der Waals surface area contributed by atoms with Crippen LogP contribution in [0.25, 0.3) is 22.4 Å². The predicted octanol–water partition coefficient (Wildman–Crippen LogP) is 5.19. The fourth-order valence-corrected chi connectivity index (χ4v) is 6.80. The third-order valence-corrected chi connectivity index (χ3v) is 8.69. The Morgan fingerprint density at radius 3 is 2.43 bits per heavy atom. The molecule has 0 unspecified atom stereocenters. The van der Waals surface area contributed by atoms with Crippen molar-refractivity contribution in [3.8, 4) is 5.75 Å². The number of phenols is 1. The van der Waals surface area contributed by atoms with E-state index in [1.807, 2.05) is 67.6 Å². The zero-order valence-corrected chi connectivity index (χ0v) is 24.2. The third-order valence-electron chi connectivity index (χ3n) is 8.69. The van der Waals surface area contributed by atoms with Gasteiger partial charge in [-0.1, -0.05) is 73.7 Å². The van der Waals surface area contributed by atoms with Crippen molar-refractivity contribution in [2.45, 2.75) is 38.7 Å². The van der Waals surface area contributed by atoms with Gasteiger partial charge in [-0.3, -0.25) is 14.5 Å². The molecule has 5 rings (SSSR count). The fourth-order valence-electron chi connectivity index (χ4n) is 6.80. The Kier molecular flexibility index (Phi) is 9.21. The Hall–Kier alpha value is -3.78. The van der Waals surface area contributed by atoms with Gasteiger partial charge >= 0.3 is 0 Å². The molecule has 42 heavy (non-hydrogen) atoms. The first-order valence-corrected chi connectivity index (χ1v) is 14.7. The second-order valence-corrected chi connectivity index (χ2v) is 11.3. The van der Waals surface area contributed by atoms with E-state index in [2.05, 4.69) is 6.08 Å². The predicted molar refractivity (Wildman–Crippen MR) is 163 cm³/mol. The van der Waals surface area contributed by atoms with Gasteiger partial charge in [0.25, 0.3) is 0 Å². The van der Waals surface area contributed by atoms with Gasteiger partial charge in [0.15, 0.2) is 0 Å². The molecule has 0 saturated carbocycles. The van der Waals surface area contributed by atoms with E-state index >= 15 is 0 Å². The molecule has 3 N–H and O–H groups in total. The van der Waals surface area contributed by atoms with Crippen LogP contribution < -0.4 is 0 Å². The van der Waals surface area contributed by atoms with E-state index in [4.69, 9.17) is 4.74 Å². The summed E-state index contributed by atoms with van der Waals surface area (Å²) in [7, 11) is 1.57. The first-order chi connectivity index (χ1) is 20.4. The van der Waals surface area contributed by atoms with E-state index in [0.29, 0.717) is 37.8 Å². The monoisotopic (exact) mass is 569 g/mol. The van der Waals surface area contributed by atoms with Gasteiger partial charge in [-0.25, -0.2) is 0 Å². The molecule has 0 radical (unpaired) electrons. The number of hydrogen-bond acceptors (Lipinski definition) is 6. The highest BCUT2D eigenvalue weighted by Crippen LogP contribution is 2.46. The number of aliphatic hydroxyl groups excluding tert-OH is 2. The average Bonchev–Trinajstić information content (AvgIpc) is 3.24. The number of phenolic OH excluding ortho intramolecular Hbond substituents is 1. The van der Waals surface area contributed by atoms with Crippen LogP contribution in [0.1, 0.15) is 43.7 Å². The summed E-state index contributed by atoms with van der Waals surface area (Å²) < 4.78 is 5.47. The van der Waals surface area contributed by atoms with Gasteiger partial charge < -0.3 is 20.1 Å². The van der Waals surface area contributed by atoms with Crippen LogP contribution in [0.5, 0.6) is 5.75 Å². The lowest BCUT2D eigenvalue weighted by atomic mass is 9.68. The molecule has 220 valence electrons. The van der Waals surface area contributed by atoms with Crippen LogP contribution in [-0.2, 0) is 14.3 Å². The number of aliphatic hydroxyl groups is 2. The SMILES string of the molecule is CCCN1C(=O)[C@@H]2[C@@H](CC(COC)=C([C@H](O)CC/C(=C/c3ccc(O)c4ccccc34)c3ccccc3)[C@@H]2CO)C1=O. The van der Waals surface area contributed by atoms with Crippen molar-refractivity contribution in [3.05, 3.63) is 89.0 Å². The molecule has 2 amide bonds. The average molecular weight is 570 g/mol. The van der Waals surface area contributed by atoms with Crippen LogP contribution in [-0.4, -0.2) is 65.0 Å². The van der Waals surface area contributed by atoms with Gasteiger partial charge in [-0.05, 0) is 65.0 Å². The molecule has 1 aliphatic carbocycles. The van der Waals surface area contributed by atoms with Crippen molar-refractivity contribution in [1.82, 2.24) is 4.90 Å². The Bertz CT molecular complexity index is 1510. The number of benzene rings is 3. The molecule has 3 aromatic rings. The number of methoxy groups -OCH3 is 1. The smallest absolute Gasteiger partial charge is 0.233 e. The molecular formula is C35H39NO6. The van der Waals surface area contributed by atoms with Gasteiger partial charge in [0.2, 0.25) is 11.8 Å². The highest BCUT2D eigenvalue weighted by atomic mass is 16.5. The van der Waals surface area contributed by atoms with E-state index < -0.39 is 23.9 Å². The number of hydrogen-bond donors (Lipinski definition) is 3. The van der Waals surface area contributed by atoms with E-state index in [0.717, 1.165) is 33.0 Å². The van der Waals surface area contributed by atoms with Crippen molar-refractivity contribution >= 4 is 34.2 Å². The summed E-state index contributed by atoms with van der Waals surface area (Å²) in [6.45, 7) is 2.18. The number of nitrogens with zero attached hydrogens (tertiary/aromatic N) is 1. The summed E-state index contributed by atoms with van der Waals surface area (Å²) in [6, 6.07) is 21.3. The van der Waals surface area contributed by atoms with Crippen molar-refractivity contribution in [1.29, 1.82) is 0 Å². The molecule has 0 spiro atoms. The number of aromatic hydroxyl groups is 1. The highest BCUT2D eigenvalue weighted by molar-refractivity contribution is 6.06. The molecule has 3 aromatic carbocycles. The zero-order chi connectivity index (χ0) is 29.8. The summed E-state index contributed by atoms with van der Waals surface area (Å²) in [6.07, 6.45) is 3.04. The Balaban J connectivity index is 1.48. The molecule has 7 nitrogen and oxygen atoms in total. The number of ether oxygens (including phenoxy) is 1. The summed E-state index contributed by atoms with van der Waals surface area (Å²) >= 11 is 0. The van der Waals surface area contributed by atoms with Gasteiger partial charge in [0, 0.05) is 25.0 Å². The maximum atomic E-state index is 13.4. The van der Waals surface area contributed by atoms with Crippen molar-refractivity contribution in [2.75, 3.05) is 26.9 Å². The number of carbonyl (C=O) groups excluding carboxylic acids is 2. The minimum Gasteiger partial charge on any atom is -0.507 e. The molecule has 0 aromatic heterocycles. The molecule has 7 heteroatoms. The van der Waals surface area contributed by atoms with E-state index in [1.54, 1.807) is 13.2 Å². The Morgan fingerprint density at radius 1 is 1.02 bits per heavy atom. The van der Waals surface area contributed by atoms with E-state index in [1.165, 1.54) is 4.90 Å². The van der Waals surface area contributed by atoms with E-state index in [-0.39, 0.29) is 30.8 Å². The number of amides is 2. The van der Waals surface area contributed by atoms with Crippen LogP contribution in [0.4, 0.5) is 0 Å². The number of rotatable bonds is 11. The largest absolute Gasteiger partial charge is 0.507 e. The zero-order valence-electron chi connectivity index (χ0n) is 24.2. The summed E-state index contributed by atoms with van der Waals surface area (Å²) in [4.78, 5) is 27.9. The third kappa shape index (κ3) is 5.64. The van der Waals surface area contributed by atoms with Gasteiger partial charge in [0.05, 0.1) is 31.2 Å². The normalized spacial score (nSPS) is 21.8. The second-order valence-electron chi connectivity index (χ2n) is 11.3. The molecular weight excluding hydrogens is 530 g/mol. The van der Waals surface area contributed by atoms with Crippen LogP contribution in [0.3, 0.4) is 0 Å². The van der Waals surface area contributed by atoms with Gasteiger partial charge in [0.1, 0.15) is 5.75 Å². The molecule has 1 saturated heterocycles. The van der Waals surface area contributed by atoms with Crippen LogP contribution >= 0.6 is 0 Å². The Morgan fingerprint density at radius 2 is 1.74 bits per heavy atom. The first kappa shape index (κ1) is 29.7. The topological polar surface area (TPSA) is 107 Å². The highest BCUT2D eigenvalue weighted by Gasteiger charge is 2.54. The lowest BCUT2D eigenvalue weighted by molar-refractivity contribution is -0.140. The molecule has 2 aliphatic rings. The van der Waals surface area contributed by atoms with Gasteiger partial charge in [-0.15, -0.1) is 0 Å². The first-order valence-electron chi connectivity index (χ1n) is 14.7. The second kappa shape index (κ2) is 13.0. The molecule has 1 heterocycles. The number of imide groups is 1. The molecule has 1 aliphatic heterocycles. The van der Waals surface area contributed by atoms with Crippen LogP contribution in [0.2, 0.25) is 0 Å². The number of fused-ring (bicyclic) bond motifs is 2. The number of likely N-dealkylation sites (tertiary alicyclic amines) is 1. The van der Waals surface area contributed by atoms with Gasteiger partial charge in [-0.2, -0.15) is 0 Å². The lowest BCUT2D eigenvalue weighted by Gasteiger charge is -2.36. The molecule has 0 bridgehead atoms. The Labute approximate surface area is 246 Å². The standard InChI is InChI=1S/C35H39NO6/c1-3-17-36-34(40)28-19-25(21-42-2)32(29(20-37)33(28)35(36)41)31(39)16-13-23(22-9-5-4-6-10-22)18-24-14-15-30(38)27-12-8-7-11-26(24)27/h4-12,14-15,18,28-29,31,33,37-39H,3,13,16-17,19-21H2,1-2H3/b23-18-/t28-,29+,31-,33-/m1/s1. The summed E-state index contributed by atoms with van der Waals surface area (Å²) in [5.74, 6) is -2.08. The molecule has 4 atom stereocenters. The minimum absolute atomic E-state index is 0.192. The summed E-state index contributed by atoms with van der Waals surface area (Å²) in [5, 5.41) is 34.3. The van der Waals surface area contributed by atoms with Crippen molar-refractivity contribution in [2.24, 2.45) is 17.8 Å². The molecule has 1 fully saturated rings. The van der Waals surface area contributed by atoms with E-state index in [9.17, 15) is 24.9 Å². The number of carbonyl (C=O) groups is 2. The van der Waals surface area contributed by atoms with Crippen molar-refractivity contribution in [3.63, 3.8) is 0 Å². The minimum atomic E-state index is -0.931. The van der Waals surface area contributed by atoms with Crippen LogP contribution in [0.15, 0.2) is 77.9 Å². The maximum absolute atomic E-state index is 13.4. The quantitative estimate of drug-likeness (QED) is 0.167. The van der Waals surface area contributed by atoms with Crippen molar-refractivity contribution < 1.29 is 29.6 Å². The van der Waals surface area contributed by atoms with Crippen LogP contribution in [0, 0.1) is 17.8 Å². The summed E-state index contributed by atoms with van der Waals surface area (Å²) in [5.41, 5.74) is 4.40. The lowest BCUT2D eigenvalue weighted by Crippen LogP contribution is -2.39. The number of allylic oxidation sites excluding steroid dienone is 1.